The molecule has 1 aliphatic heterocycles. The third kappa shape index (κ3) is 5.54. The zero-order valence-corrected chi connectivity index (χ0v) is 16.0. The van der Waals surface area contributed by atoms with E-state index in [1.165, 1.54) is 4.88 Å². The van der Waals surface area contributed by atoms with Gasteiger partial charge in [-0.25, -0.2) is 0 Å². The number of amides is 1. The van der Waals surface area contributed by atoms with E-state index in [-0.39, 0.29) is 11.9 Å². The van der Waals surface area contributed by atoms with Gasteiger partial charge in [-0.1, -0.05) is 29.8 Å². The molecule has 1 atom stereocenters. The van der Waals surface area contributed by atoms with Crippen molar-refractivity contribution < 1.29 is 4.79 Å². The van der Waals surface area contributed by atoms with E-state index in [9.17, 15) is 4.79 Å². The largest absolute Gasteiger partial charge is 0.348 e. The van der Waals surface area contributed by atoms with Crippen LogP contribution < -0.4 is 5.32 Å². The summed E-state index contributed by atoms with van der Waals surface area (Å²) in [5.74, 6) is 0.0779. The Morgan fingerprint density at radius 3 is 2.48 bits per heavy atom. The normalized spacial score (nSPS) is 17.4. The number of nitrogens with one attached hydrogen (secondary N) is 1. The molecule has 0 saturated carbocycles. The van der Waals surface area contributed by atoms with E-state index in [0.717, 1.165) is 38.3 Å². The lowest BCUT2D eigenvalue weighted by molar-refractivity contribution is -0.123. The van der Waals surface area contributed by atoms with Crippen LogP contribution in [0.2, 0.25) is 5.02 Å². The smallest absolute Gasteiger partial charge is 0.234 e. The summed E-state index contributed by atoms with van der Waals surface area (Å²) in [6.45, 7) is 7.38. The fourth-order valence-corrected chi connectivity index (χ4v) is 3.93. The Morgan fingerprint density at radius 2 is 1.84 bits per heavy atom. The zero-order valence-electron chi connectivity index (χ0n) is 14.5. The van der Waals surface area contributed by atoms with Crippen molar-refractivity contribution in [3.05, 3.63) is 57.2 Å². The van der Waals surface area contributed by atoms with Crippen LogP contribution in [0, 0.1) is 0 Å². The number of nitrogens with zero attached hydrogens (tertiary/aromatic N) is 2. The maximum atomic E-state index is 12.3. The molecular formula is C19H24ClN3OS. The number of rotatable bonds is 6. The van der Waals surface area contributed by atoms with Crippen LogP contribution in [0.1, 0.15) is 23.4 Å². The van der Waals surface area contributed by atoms with Crippen LogP contribution in [-0.2, 0) is 11.3 Å². The molecule has 4 nitrogen and oxygen atoms in total. The van der Waals surface area contributed by atoms with E-state index in [0.29, 0.717) is 11.6 Å². The van der Waals surface area contributed by atoms with Crippen molar-refractivity contribution in [2.75, 3.05) is 32.7 Å². The highest BCUT2D eigenvalue weighted by molar-refractivity contribution is 7.09. The molecule has 1 aromatic carbocycles. The molecule has 3 rings (SSSR count). The average molecular weight is 378 g/mol. The van der Waals surface area contributed by atoms with Crippen LogP contribution in [0.15, 0.2) is 41.8 Å². The molecule has 1 N–H and O–H groups in total. The van der Waals surface area contributed by atoms with Gasteiger partial charge in [-0.3, -0.25) is 14.6 Å². The van der Waals surface area contributed by atoms with E-state index < -0.39 is 0 Å². The SMILES string of the molecule is C[C@H](NC(=O)CN1CCN(Cc2cccs2)CC1)c1ccc(Cl)cc1. The molecule has 1 saturated heterocycles. The van der Waals surface area contributed by atoms with Crippen molar-refractivity contribution in [3.8, 4) is 0 Å². The predicted octanol–water partition coefficient (Wildman–Crippen LogP) is 3.40. The Hall–Kier alpha value is -1.40. The van der Waals surface area contributed by atoms with E-state index >= 15 is 0 Å². The number of halogens is 1. The third-order valence-corrected chi connectivity index (χ3v) is 5.65. The van der Waals surface area contributed by atoms with Gasteiger partial charge in [0.25, 0.3) is 0 Å². The second kappa shape index (κ2) is 8.81. The summed E-state index contributed by atoms with van der Waals surface area (Å²) in [5.41, 5.74) is 1.07. The van der Waals surface area contributed by atoms with Crippen molar-refractivity contribution in [1.29, 1.82) is 0 Å². The molecule has 2 heterocycles. The zero-order chi connectivity index (χ0) is 17.6. The van der Waals surface area contributed by atoms with Gasteiger partial charge in [0, 0.05) is 42.6 Å². The number of benzene rings is 1. The maximum Gasteiger partial charge on any atom is 0.234 e. The molecule has 0 bridgehead atoms. The summed E-state index contributed by atoms with van der Waals surface area (Å²) in [6.07, 6.45) is 0. The molecule has 0 radical (unpaired) electrons. The highest BCUT2D eigenvalue weighted by Gasteiger charge is 2.20. The van der Waals surface area contributed by atoms with Crippen molar-refractivity contribution in [3.63, 3.8) is 0 Å². The van der Waals surface area contributed by atoms with Gasteiger partial charge in [-0.15, -0.1) is 11.3 Å². The van der Waals surface area contributed by atoms with Gasteiger partial charge >= 0.3 is 0 Å². The highest BCUT2D eigenvalue weighted by Crippen LogP contribution is 2.16. The Bertz CT molecular complexity index is 666. The second-order valence-electron chi connectivity index (χ2n) is 6.47. The van der Waals surface area contributed by atoms with Crippen LogP contribution in [0.4, 0.5) is 0 Å². The van der Waals surface area contributed by atoms with Crippen molar-refractivity contribution >= 4 is 28.8 Å². The Kier molecular flexibility index (Phi) is 6.48. The molecule has 6 heteroatoms. The molecule has 0 aliphatic carbocycles. The first-order chi connectivity index (χ1) is 12.1. The van der Waals surface area contributed by atoms with Crippen LogP contribution >= 0.6 is 22.9 Å². The molecule has 1 fully saturated rings. The minimum absolute atomic E-state index is 0.00937. The van der Waals surface area contributed by atoms with E-state index in [2.05, 4.69) is 32.6 Å². The quantitative estimate of drug-likeness (QED) is 0.838. The minimum Gasteiger partial charge on any atom is -0.348 e. The number of thiophene rings is 1. The summed E-state index contributed by atoms with van der Waals surface area (Å²) in [4.78, 5) is 18.4. The summed E-state index contributed by atoms with van der Waals surface area (Å²) in [7, 11) is 0. The molecule has 25 heavy (non-hydrogen) atoms. The third-order valence-electron chi connectivity index (χ3n) is 4.54. The lowest BCUT2D eigenvalue weighted by atomic mass is 10.1. The van der Waals surface area contributed by atoms with Gasteiger partial charge in [-0.2, -0.15) is 0 Å². The highest BCUT2D eigenvalue weighted by atomic mass is 35.5. The number of piperazine rings is 1. The number of hydrogen-bond acceptors (Lipinski definition) is 4. The average Bonchev–Trinajstić information content (AvgIpc) is 3.10. The first kappa shape index (κ1) is 18.4. The predicted molar refractivity (Wildman–Crippen MR) is 104 cm³/mol. The molecule has 134 valence electrons. The summed E-state index contributed by atoms with van der Waals surface area (Å²) < 4.78 is 0. The Morgan fingerprint density at radius 1 is 1.16 bits per heavy atom. The van der Waals surface area contributed by atoms with Crippen LogP contribution in [-0.4, -0.2) is 48.4 Å². The molecule has 1 aliphatic rings. The van der Waals surface area contributed by atoms with Crippen LogP contribution in [0.25, 0.3) is 0 Å². The summed E-state index contributed by atoms with van der Waals surface area (Å²) >= 11 is 7.72. The number of carbonyl (C=O) groups excluding carboxylic acids is 1. The topological polar surface area (TPSA) is 35.6 Å². The van der Waals surface area contributed by atoms with Crippen molar-refractivity contribution in [1.82, 2.24) is 15.1 Å². The van der Waals surface area contributed by atoms with Crippen LogP contribution in [0.5, 0.6) is 0 Å². The number of hydrogen-bond donors (Lipinski definition) is 1. The van der Waals surface area contributed by atoms with Crippen molar-refractivity contribution in [2.45, 2.75) is 19.5 Å². The monoisotopic (exact) mass is 377 g/mol. The molecular weight excluding hydrogens is 354 g/mol. The molecule has 2 aromatic rings. The molecule has 1 amide bonds. The lowest BCUT2D eigenvalue weighted by Crippen LogP contribution is -2.49. The van der Waals surface area contributed by atoms with Crippen LogP contribution in [0.3, 0.4) is 0 Å². The molecule has 0 unspecified atom stereocenters. The van der Waals surface area contributed by atoms with Gasteiger partial charge < -0.3 is 5.32 Å². The van der Waals surface area contributed by atoms with Gasteiger partial charge in [0.15, 0.2) is 0 Å². The van der Waals surface area contributed by atoms with Gasteiger partial charge in [0.1, 0.15) is 0 Å². The first-order valence-corrected chi connectivity index (χ1v) is 9.88. The van der Waals surface area contributed by atoms with Gasteiger partial charge in [0.2, 0.25) is 5.91 Å². The van der Waals surface area contributed by atoms with E-state index in [1.54, 1.807) is 11.3 Å². The van der Waals surface area contributed by atoms with Gasteiger partial charge in [0.05, 0.1) is 12.6 Å². The standard InChI is InChI=1S/C19H24ClN3OS/c1-15(16-4-6-17(20)7-5-16)21-19(24)14-23-10-8-22(9-11-23)13-18-3-2-12-25-18/h2-7,12,15H,8-11,13-14H2,1H3,(H,21,24)/t15-/m0/s1. The summed E-state index contributed by atoms with van der Waals surface area (Å²) in [5, 5.41) is 5.91. The Balaban J connectivity index is 1.40. The fourth-order valence-electron chi connectivity index (χ4n) is 3.05. The number of carbonyl (C=O) groups is 1. The van der Waals surface area contributed by atoms with E-state index in [1.807, 2.05) is 31.2 Å². The first-order valence-electron chi connectivity index (χ1n) is 8.62. The van der Waals surface area contributed by atoms with Gasteiger partial charge in [-0.05, 0) is 36.1 Å². The lowest BCUT2D eigenvalue weighted by Gasteiger charge is -2.34. The summed E-state index contributed by atoms with van der Waals surface area (Å²) in [6, 6.07) is 11.9. The molecule has 0 spiro atoms. The second-order valence-corrected chi connectivity index (χ2v) is 7.94. The Labute approximate surface area is 158 Å². The van der Waals surface area contributed by atoms with Crippen molar-refractivity contribution in [2.24, 2.45) is 0 Å². The fraction of sp³-hybridized carbons (Fsp3) is 0.421. The molecule has 1 aromatic heterocycles. The maximum absolute atomic E-state index is 12.3. The van der Waals surface area contributed by atoms with E-state index in [4.69, 9.17) is 11.6 Å². The minimum atomic E-state index is -0.00937.